The Kier molecular flexibility index (Phi) is 7.82. The van der Waals surface area contributed by atoms with E-state index in [0.717, 1.165) is 34.4 Å². The summed E-state index contributed by atoms with van der Waals surface area (Å²) in [4.78, 5) is 8.84. The van der Waals surface area contributed by atoms with Gasteiger partial charge < -0.3 is 10.1 Å². The smallest absolute Gasteiger partial charge is 0.407 e. The molecule has 0 saturated heterocycles. The van der Waals surface area contributed by atoms with E-state index >= 15 is 0 Å². The molecule has 0 spiro atoms. The standard InChI is InChI=1S/C26H28N5O4P/c1-18-14-20(6-5-11-27)15-19(2)25(18)35-24-9-12-28-26(30-24)29-23-8-7-21-10-13-31(17-22(21)16-23)36(32,33-3)34-4/h5-9,12,14-16H,10,13,17H2,1-4H3,(H,28,29,30)/b6-5+. The summed E-state index contributed by atoms with van der Waals surface area (Å²) >= 11 is 0. The third-order valence-corrected chi connectivity index (χ3v) is 7.89. The van der Waals surface area contributed by atoms with Gasteiger partial charge in [0.15, 0.2) is 0 Å². The van der Waals surface area contributed by atoms with Crippen LogP contribution in [0.3, 0.4) is 0 Å². The summed E-state index contributed by atoms with van der Waals surface area (Å²) in [5, 5.41) is 12.0. The van der Waals surface area contributed by atoms with Crippen LogP contribution < -0.4 is 10.1 Å². The lowest BCUT2D eigenvalue weighted by Gasteiger charge is -2.32. The molecule has 1 aromatic heterocycles. The number of anilines is 2. The van der Waals surface area contributed by atoms with Crippen molar-refractivity contribution in [1.82, 2.24) is 14.6 Å². The van der Waals surface area contributed by atoms with Crippen molar-refractivity contribution in [2.24, 2.45) is 0 Å². The minimum absolute atomic E-state index is 0.392. The Morgan fingerprint density at radius 2 is 1.86 bits per heavy atom. The van der Waals surface area contributed by atoms with Crippen molar-refractivity contribution >= 4 is 25.5 Å². The van der Waals surface area contributed by atoms with Crippen molar-refractivity contribution in [2.75, 3.05) is 26.1 Å². The van der Waals surface area contributed by atoms with Gasteiger partial charge in [0.2, 0.25) is 11.8 Å². The van der Waals surface area contributed by atoms with Crippen molar-refractivity contribution in [3.05, 3.63) is 76.5 Å². The van der Waals surface area contributed by atoms with E-state index in [-0.39, 0.29) is 0 Å². The first-order valence-corrected chi connectivity index (χ1v) is 12.9. The van der Waals surface area contributed by atoms with Crippen molar-refractivity contribution < 1.29 is 18.3 Å². The van der Waals surface area contributed by atoms with Crippen LogP contribution in [0, 0.1) is 25.2 Å². The molecule has 0 unspecified atom stereocenters. The molecule has 36 heavy (non-hydrogen) atoms. The zero-order valence-corrected chi connectivity index (χ0v) is 21.6. The number of ether oxygens (including phenoxy) is 1. The van der Waals surface area contributed by atoms with Crippen LogP contribution in [0.1, 0.15) is 27.8 Å². The molecule has 0 saturated carbocycles. The molecular formula is C26H28N5O4P. The monoisotopic (exact) mass is 505 g/mol. The summed E-state index contributed by atoms with van der Waals surface area (Å²) < 4.78 is 31.0. The minimum atomic E-state index is -3.30. The average Bonchev–Trinajstić information content (AvgIpc) is 2.89. The summed E-state index contributed by atoms with van der Waals surface area (Å²) in [6.45, 7) is 4.95. The third-order valence-electron chi connectivity index (χ3n) is 5.93. The molecule has 2 heterocycles. The Morgan fingerprint density at radius 3 is 2.56 bits per heavy atom. The van der Waals surface area contributed by atoms with Gasteiger partial charge in [0.05, 0.1) is 6.07 Å². The minimum Gasteiger partial charge on any atom is -0.438 e. The second-order valence-corrected chi connectivity index (χ2v) is 10.6. The fourth-order valence-corrected chi connectivity index (χ4v) is 5.48. The normalized spacial score (nSPS) is 13.9. The number of aryl methyl sites for hydroxylation is 2. The molecule has 10 heteroatoms. The van der Waals surface area contributed by atoms with E-state index in [1.807, 2.05) is 44.2 Å². The molecule has 0 aliphatic carbocycles. The van der Waals surface area contributed by atoms with E-state index in [4.69, 9.17) is 19.0 Å². The number of aromatic nitrogens is 2. The molecule has 0 radical (unpaired) electrons. The zero-order valence-electron chi connectivity index (χ0n) is 20.7. The summed E-state index contributed by atoms with van der Waals surface area (Å²) in [5.41, 5.74) is 5.83. The zero-order chi connectivity index (χ0) is 25.7. The van der Waals surface area contributed by atoms with Gasteiger partial charge in [0.25, 0.3) is 0 Å². The van der Waals surface area contributed by atoms with Gasteiger partial charge >= 0.3 is 7.75 Å². The quantitative estimate of drug-likeness (QED) is 0.294. The number of hydrogen-bond acceptors (Lipinski definition) is 8. The largest absolute Gasteiger partial charge is 0.438 e. The van der Waals surface area contributed by atoms with Crippen molar-refractivity contribution in [1.29, 1.82) is 5.26 Å². The van der Waals surface area contributed by atoms with Gasteiger partial charge in [-0.1, -0.05) is 6.07 Å². The van der Waals surface area contributed by atoms with Crippen LogP contribution in [0.5, 0.6) is 11.6 Å². The third kappa shape index (κ3) is 5.64. The lowest BCUT2D eigenvalue weighted by molar-refractivity contribution is 0.201. The fraction of sp³-hybridized carbons (Fsp3) is 0.269. The van der Waals surface area contributed by atoms with Gasteiger partial charge in [-0.2, -0.15) is 10.2 Å². The number of nitrogens with one attached hydrogen (secondary N) is 1. The first-order chi connectivity index (χ1) is 17.3. The maximum atomic E-state index is 12.8. The summed E-state index contributed by atoms with van der Waals surface area (Å²) in [7, 11) is -0.505. The average molecular weight is 506 g/mol. The highest BCUT2D eigenvalue weighted by atomic mass is 31.2. The number of rotatable bonds is 8. The number of hydrogen-bond donors (Lipinski definition) is 1. The van der Waals surface area contributed by atoms with Gasteiger partial charge in [-0.3, -0.25) is 9.05 Å². The van der Waals surface area contributed by atoms with Gasteiger partial charge in [-0.15, -0.1) is 0 Å². The second kappa shape index (κ2) is 11.0. The molecule has 0 atom stereocenters. The highest BCUT2D eigenvalue weighted by Crippen LogP contribution is 2.52. The number of fused-ring (bicyclic) bond motifs is 1. The molecule has 1 aliphatic rings. The highest BCUT2D eigenvalue weighted by Gasteiger charge is 2.33. The van der Waals surface area contributed by atoms with Crippen LogP contribution in [0.25, 0.3) is 6.08 Å². The molecule has 0 amide bonds. The summed E-state index contributed by atoms with van der Waals surface area (Å²) in [6, 6.07) is 13.6. The van der Waals surface area contributed by atoms with Crippen LogP contribution >= 0.6 is 7.75 Å². The van der Waals surface area contributed by atoms with Crippen LogP contribution in [-0.4, -0.2) is 35.4 Å². The van der Waals surface area contributed by atoms with Crippen molar-refractivity contribution in [3.63, 3.8) is 0 Å². The van der Waals surface area contributed by atoms with E-state index in [1.54, 1.807) is 23.0 Å². The first-order valence-electron chi connectivity index (χ1n) is 11.4. The Bertz CT molecular complexity index is 1350. The molecule has 1 N–H and O–H groups in total. The first kappa shape index (κ1) is 25.5. The lowest BCUT2D eigenvalue weighted by atomic mass is 10.0. The maximum absolute atomic E-state index is 12.8. The Labute approximate surface area is 211 Å². The van der Waals surface area contributed by atoms with Gasteiger partial charge in [-0.05, 0) is 78.4 Å². The second-order valence-electron chi connectivity index (χ2n) is 8.35. The molecule has 2 aromatic carbocycles. The summed E-state index contributed by atoms with van der Waals surface area (Å²) in [5.74, 6) is 1.51. The fourth-order valence-electron chi connectivity index (χ4n) is 4.20. The Hall–Kier alpha value is -3.54. The number of allylic oxidation sites excluding steroid dienone is 1. The van der Waals surface area contributed by atoms with Crippen molar-refractivity contribution in [3.8, 4) is 17.7 Å². The molecule has 4 rings (SSSR count). The van der Waals surface area contributed by atoms with Crippen LogP contribution in [0.2, 0.25) is 0 Å². The molecule has 3 aromatic rings. The van der Waals surface area contributed by atoms with E-state index in [1.165, 1.54) is 25.9 Å². The van der Waals surface area contributed by atoms with Crippen LogP contribution in [-0.2, 0) is 26.6 Å². The molecule has 0 fully saturated rings. The van der Waals surface area contributed by atoms with Crippen molar-refractivity contribution in [2.45, 2.75) is 26.8 Å². The topological polar surface area (TPSA) is 110 Å². The highest BCUT2D eigenvalue weighted by molar-refractivity contribution is 7.51. The summed E-state index contributed by atoms with van der Waals surface area (Å²) in [6.07, 6.45) is 5.59. The number of nitriles is 1. The molecule has 186 valence electrons. The SMILES string of the molecule is COP(=O)(OC)N1CCc2ccc(Nc3nccc(Oc4c(C)cc(/C=C/C#N)cc4C)n3)cc2C1. The predicted molar refractivity (Wildman–Crippen MR) is 138 cm³/mol. The van der Waals surface area contributed by atoms with E-state index in [2.05, 4.69) is 21.4 Å². The Balaban J connectivity index is 1.51. The molecule has 0 bridgehead atoms. The molecule has 9 nitrogen and oxygen atoms in total. The van der Waals surface area contributed by atoms with Gasteiger partial charge in [-0.25, -0.2) is 14.2 Å². The van der Waals surface area contributed by atoms with Gasteiger partial charge in [0.1, 0.15) is 5.75 Å². The van der Waals surface area contributed by atoms with E-state index < -0.39 is 7.75 Å². The van der Waals surface area contributed by atoms with Gasteiger partial charge in [0, 0.05) is 51.3 Å². The van der Waals surface area contributed by atoms with Crippen LogP contribution in [0.15, 0.2) is 48.7 Å². The lowest BCUT2D eigenvalue weighted by Crippen LogP contribution is -2.29. The van der Waals surface area contributed by atoms with Crippen LogP contribution in [0.4, 0.5) is 11.6 Å². The predicted octanol–water partition coefficient (Wildman–Crippen LogP) is 5.93. The number of benzene rings is 2. The van der Waals surface area contributed by atoms with E-state index in [9.17, 15) is 4.57 Å². The molecular weight excluding hydrogens is 477 g/mol. The molecule has 1 aliphatic heterocycles. The number of nitrogens with zero attached hydrogens (tertiary/aromatic N) is 4. The van der Waals surface area contributed by atoms with E-state index in [0.29, 0.717) is 30.7 Å². The maximum Gasteiger partial charge on any atom is 0.407 e. The Morgan fingerprint density at radius 1 is 1.11 bits per heavy atom.